The summed E-state index contributed by atoms with van der Waals surface area (Å²) in [5, 5.41) is 6.26. The molecule has 4 nitrogen and oxygen atoms in total. The maximum absolute atomic E-state index is 11.0. The van der Waals surface area contributed by atoms with E-state index in [0.717, 1.165) is 24.1 Å². The molecule has 1 aromatic rings. The Morgan fingerprint density at radius 3 is 2.47 bits per heavy atom. The van der Waals surface area contributed by atoms with Crippen molar-refractivity contribution in [2.45, 2.75) is 13.5 Å². The van der Waals surface area contributed by atoms with Gasteiger partial charge >= 0.3 is 0 Å². The van der Waals surface area contributed by atoms with Crippen molar-refractivity contribution in [3.8, 4) is 0 Å². The van der Waals surface area contributed by atoms with E-state index in [4.69, 9.17) is 0 Å². The van der Waals surface area contributed by atoms with Gasteiger partial charge in [-0.3, -0.25) is 9.69 Å². The Hall–Kier alpha value is -1.39. The van der Waals surface area contributed by atoms with E-state index in [1.807, 2.05) is 12.1 Å². The Morgan fingerprint density at radius 1 is 1.26 bits per heavy atom. The number of hydrogen-bond acceptors (Lipinski definition) is 3. The van der Waals surface area contributed by atoms with Gasteiger partial charge in [-0.05, 0) is 42.6 Å². The van der Waals surface area contributed by atoms with E-state index in [9.17, 15) is 4.79 Å². The molecular weight excluding hydrogens is 238 g/mol. The van der Waals surface area contributed by atoms with E-state index in [2.05, 4.69) is 27.7 Å². The first-order valence-electron chi connectivity index (χ1n) is 7.00. The van der Waals surface area contributed by atoms with Gasteiger partial charge in [0.15, 0.2) is 0 Å². The summed E-state index contributed by atoms with van der Waals surface area (Å²) in [7, 11) is 0. The molecule has 1 amide bonds. The Kier molecular flexibility index (Phi) is 3.53. The molecule has 4 heteroatoms. The molecule has 2 N–H and O–H groups in total. The van der Waals surface area contributed by atoms with E-state index in [-0.39, 0.29) is 5.91 Å². The lowest BCUT2D eigenvalue weighted by Crippen LogP contribution is -2.25. The first kappa shape index (κ1) is 12.6. The Morgan fingerprint density at radius 2 is 1.89 bits per heavy atom. The number of carbonyl (C=O) groups is 1. The van der Waals surface area contributed by atoms with Gasteiger partial charge in [-0.25, -0.2) is 0 Å². The number of rotatable bonds is 3. The molecule has 0 aromatic heterocycles. The van der Waals surface area contributed by atoms with Crippen LogP contribution in [-0.2, 0) is 11.3 Å². The van der Waals surface area contributed by atoms with Gasteiger partial charge in [-0.15, -0.1) is 0 Å². The molecule has 2 atom stereocenters. The van der Waals surface area contributed by atoms with Crippen molar-refractivity contribution in [1.29, 1.82) is 0 Å². The zero-order chi connectivity index (χ0) is 13.2. The summed E-state index contributed by atoms with van der Waals surface area (Å²) in [4.78, 5) is 13.5. The summed E-state index contributed by atoms with van der Waals surface area (Å²) >= 11 is 0. The van der Waals surface area contributed by atoms with Crippen molar-refractivity contribution in [2.24, 2.45) is 11.8 Å². The van der Waals surface area contributed by atoms with Gasteiger partial charge in [0.2, 0.25) is 5.91 Å². The summed E-state index contributed by atoms with van der Waals surface area (Å²) < 4.78 is 0. The summed E-state index contributed by atoms with van der Waals surface area (Å²) in [6, 6.07) is 8.18. The average molecular weight is 259 g/mol. The molecule has 19 heavy (non-hydrogen) atoms. The molecule has 0 spiro atoms. The van der Waals surface area contributed by atoms with Crippen molar-refractivity contribution >= 4 is 11.6 Å². The van der Waals surface area contributed by atoms with Gasteiger partial charge in [0.05, 0.1) is 0 Å². The van der Waals surface area contributed by atoms with E-state index >= 15 is 0 Å². The number of carbonyl (C=O) groups excluding carboxylic acids is 1. The first-order valence-corrected chi connectivity index (χ1v) is 7.00. The lowest BCUT2D eigenvalue weighted by Gasteiger charge is -2.17. The van der Waals surface area contributed by atoms with Crippen molar-refractivity contribution in [3.63, 3.8) is 0 Å². The van der Waals surface area contributed by atoms with Crippen LogP contribution >= 0.6 is 0 Å². The third kappa shape index (κ3) is 2.96. The lowest BCUT2D eigenvalue weighted by atomic mass is 10.0. The van der Waals surface area contributed by atoms with Crippen LogP contribution in [-0.4, -0.2) is 37.0 Å². The SMILES string of the molecule is CC(=O)Nc1ccc(CN2C[C@H]3CNC[C@H]3C2)cc1. The molecule has 2 fully saturated rings. The summed E-state index contributed by atoms with van der Waals surface area (Å²) in [5.74, 6) is 1.67. The van der Waals surface area contributed by atoms with Crippen LogP contribution in [0.2, 0.25) is 0 Å². The second kappa shape index (κ2) is 5.31. The van der Waals surface area contributed by atoms with Crippen LogP contribution in [0.25, 0.3) is 0 Å². The molecule has 2 aliphatic heterocycles. The van der Waals surface area contributed by atoms with Gasteiger partial charge in [-0.2, -0.15) is 0 Å². The normalized spacial score (nSPS) is 26.4. The maximum Gasteiger partial charge on any atom is 0.221 e. The molecule has 0 bridgehead atoms. The molecule has 0 aliphatic carbocycles. The molecule has 3 rings (SSSR count). The monoisotopic (exact) mass is 259 g/mol. The number of amides is 1. The van der Waals surface area contributed by atoms with E-state index in [1.54, 1.807) is 0 Å². The zero-order valence-corrected chi connectivity index (χ0v) is 11.4. The summed E-state index contributed by atoms with van der Waals surface area (Å²) in [5.41, 5.74) is 2.20. The fraction of sp³-hybridized carbons (Fsp3) is 0.533. The molecular formula is C15H21N3O. The van der Waals surface area contributed by atoms with Crippen molar-refractivity contribution in [2.75, 3.05) is 31.5 Å². The van der Waals surface area contributed by atoms with Crippen LogP contribution in [0, 0.1) is 11.8 Å². The van der Waals surface area contributed by atoms with E-state index < -0.39 is 0 Å². The molecule has 0 saturated carbocycles. The van der Waals surface area contributed by atoms with Crippen LogP contribution in [0.5, 0.6) is 0 Å². The van der Waals surface area contributed by atoms with Crippen LogP contribution in [0.15, 0.2) is 24.3 Å². The highest BCUT2D eigenvalue weighted by atomic mass is 16.1. The largest absolute Gasteiger partial charge is 0.326 e. The number of fused-ring (bicyclic) bond motifs is 1. The predicted molar refractivity (Wildman–Crippen MR) is 75.9 cm³/mol. The fourth-order valence-corrected chi connectivity index (χ4v) is 3.24. The lowest BCUT2D eigenvalue weighted by molar-refractivity contribution is -0.114. The summed E-state index contributed by atoms with van der Waals surface area (Å²) in [6.07, 6.45) is 0. The van der Waals surface area contributed by atoms with Crippen LogP contribution in [0.4, 0.5) is 5.69 Å². The number of nitrogens with zero attached hydrogens (tertiary/aromatic N) is 1. The third-order valence-electron chi connectivity index (χ3n) is 4.15. The molecule has 1 aromatic carbocycles. The van der Waals surface area contributed by atoms with Crippen molar-refractivity contribution in [3.05, 3.63) is 29.8 Å². The zero-order valence-electron chi connectivity index (χ0n) is 11.4. The highest BCUT2D eigenvalue weighted by Crippen LogP contribution is 2.27. The highest BCUT2D eigenvalue weighted by molar-refractivity contribution is 5.88. The maximum atomic E-state index is 11.0. The standard InChI is InChI=1S/C15H21N3O/c1-11(19)17-15-4-2-12(3-5-15)8-18-9-13-6-16-7-14(13)10-18/h2-5,13-14,16H,6-10H2,1H3,(H,17,19)/t13-,14+. The van der Waals surface area contributed by atoms with Crippen LogP contribution in [0.1, 0.15) is 12.5 Å². The smallest absolute Gasteiger partial charge is 0.221 e. The summed E-state index contributed by atoms with van der Waals surface area (Å²) in [6.45, 7) is 7.35. The number of benzene rings is 1. The minimum Gasteiger partial charge on any atom is -0.326 e. The first-order chi connectivity index (χ1) is 9.20. The third-order valence-corrected chi connectivity index (χ3v) is 4.15. The Bertz CT molecular complexity index is 445. The minimum absolute atomic E-state index is 0.0207. The topological polar surface area (TPSA) is 44.4 Å². The van der Waals surface area contributed by atoms with Gasteiger partial charge in [0.25, 0.3) is 0 Å². The van der Waals surface area contributed by atoms with Crippen LogP contribution in [0.3, 0.4) is 0 Å². The Balaban J connectivity index is 1.57. The quantitative estimate of drug-likeness (QED) is 0.860. The van der Waals surface area contributed by atoms with Crippen molar-refractivity contribution < 1.29 is 4.79 Å². The molecule has 2 heterocycles. The number of hydrogen-bond donors (Lipinski definition) is 2. The molecule has 2 aliphatic rings. The van der Waals surface area contributed by atoms with Gasteiger partial charge in [0.1, 0.15) is 0 Å². The number of likely N-dealkylation sites (tertiary alicyclic amines) is 1. The molecule has 0 radical (unpaired) electrons. The van der Waals surface area contributed by atoms with E-state index in [1.165, 1.54) is 38.7 Å². The minimum atomic E-state index is -0.0207. The predicted octanol–water partition coefficient (Wildman–Crippen LogP) is 1.30. The van der Waals surface area contributed by atoms with Gasteiger partial charge in [0, 0.05) is 32.2 Å². The second-order valence-corrected chi connectivity index (χ2v) is 5.75. The van der Waals surface area contributed by atoms with Crippen molar-refractivity contribution in [1.82, 2.24) is 10.2 Å². The van der Waals surface area contributed by atoms with Gasteiger partial charge < -0.3 is 10.6 Å². The van der Waals surface area contributed by atoms with Gasteiger partial charge in [-0.1, -0.05) is 12.1 Å². The Labute approximate surface area is 114 Å². The highest BCUT2D eigenvalue weighted by Gasteiger charge is 2.35. The molecule has 2 saturated heterocycles. The molecule has 102 valence electrons. The second-order valence-electron chi connectivity index (χ2n) is 5.75. The number of anilines is 1. The molecule has 0 unspecified atom stereocenters. The fourth-order valence-electron chi connectivity index (χ4n) is 3.24. The van der Waals surface area contributed by atoms with Crippen LogP contribution < -0.4 is 10.6 Å². The average Bonchev–Trinajstić information content (AvgIpc) is 2.91. The number of nitrogens with one attached hydrogen (secondary N) is 2. The van der Waals surface area contributed by atoms with E-state index in [0.29, 0.717) is 0 Å².